The molecular weight excluding hydrogens is 362 g/mol. The van der Waals surface area contributed by atoms with Gasteiger partial charge in [-0.3, -0.25) is 0 Å². The summed E-state index contributed by atoms with van der Waals surface area (Å²) < 4.78 is 13.4. The monoisotopic (exact) mass is 382 g/mol. The first-order valence-electron chi connectivity index (χ1n) is 8.07. The van der Waals surface area contributed by atoms with Crippen LogP contribution in [0.15, 0.2) is 48.5 Å². The van der Waals surface area contributed by atoms with Gasteiger partial charge in [-0.2, -0.15) is 0 Å². The molecule has 2 aromatic rings. The third kappa shape index (κ3) is 5.54. The fourth-order valence-corrected chi connectivity index (χ4v) is 3.96. The standard InChI is InChI=1S/C20H21Cl2FS/c1-3-4-9-20(16-10-11-19(23)18(22)13-16)24-14(2)12-15-7-5-6-8-17(15)21/h5-11,13-14H,3-4,12H2,1-2H3/b20-9-. The number of thioether (sulfide) groups is 1. The molecular formula is C20H21Cl2FS. The molecule has 0 bridgehead atoms. The molecule has 0 amide bonds. The molecule has 0 aliphatic rings. The molecule has 0 N–H and O–H groups in total. The van der Waals surface area contributed by atoms with Crippen LogP contribution in [0.2, 0.25) is 10.0 Å². The lowest BCUT2D eigenvalue weighted by molar-refractivity contribution is 0.628. The molecule has 0 aliphatic carbocycles. The Hall–Kier alpha value is -0.960. The molecule has 2 rings (SSSR count). The van der Waals surface area contributed by atoms with Gasteiger partial charge in [-0.25, -0.2) is 4.39 Å². The number of halogens is 3. The van der Waals surface area contributed by atoms with Crippen LogP contribution in [0.3, 0.4) is 0 Å². The van der Waals surface area contributed by atoms with Gasteiger partial charge in [-0.15, -0.1) is 11.8 Å². The van der Waals surface area contributed by atoms with Gasteiger partial charge in [0.15, 0.2) is 0 Å². The molecule has 2 aromatic carbocycles. The van der Waals surface area contributed by atoms with Gasteiger partial charge in [-0.05, 0) is 42.2 Å². The average molecular weight is 383 g/mol. The van der Waals surface area contributed by atoms with Crippen LogP contribution in [-0.2, 0) is 6.42 Å². The van der Waals surface area contributed by atoms with Crippen molar-refractivity contribution in [3.63, 3.8) is 0 Å². The van der Waals surface area contributed by atoms with Gasteiger partial charge in [0.25, 0.3) is 0 Å². The van der Waals surface area contributed by atoms with Crippen LogP contribution in [-0.4, -0.2) is 5.25 Å². The van der Waals surface area contributed by atoms with Gasteiger partial charge in [0.1, 0.15) is 5.82 Å². The van der Waals surface area contributed by atoms with Crippen molar-refractivity contribution in [1.82, 2.24) is 0 Å². The molecule has 0 aromatic heterocycles. The van der Waals surface area contributed by atoms with Crippen LogP contribution < -0.4 is 0 Å². The normalized spacial score (nSPS) is 13.1. The summed E-state index contributed by atoms with van der Waals surface area (Å²) in [5.41, 5.74) is 2.11. The Morgan fingerprint density at radius 2 is 1.92 bits per heavy atom. The van der Waals surface area contributed by atoms with Gasteiger partial charge in [0.2, 0.25) is 0 Å². The number of hydrogen-bond acceptors (Lipinski definition) is 1. The maximum absolute atomic E-state index is 13.4. The van der Waals surface area contributed by atoms with Crippen molar-refractivity contribution >= 4 is 39.9 Å². The average Bonchev–Trinajstić information content (AvgIpc) is 2.56. The van der Waals surface area contributed by atoms with E-state index >= 15 is 0 Å². The Kier molecular flexibility index (Phi) is 7.67. The van der Waals surface area contributed by atoms with Crippen LogP contribution in [0.5, 0.6) is 0 Å². The first-order chi connectivity index (χ1) is 11.5. The number of unbranched alkanes of at least 4 members (excludes halogenated alkanes) is 1. The van der Waals surface area contributed by atoms with Crippen molar-refractivity contribution in [2.75, 3.05) is 0 Å². The predicted molar refractivity (Wildman–Crippen MR) is 107 cm³/mol. The fourth-order valence-electron chi connectivity index (χ4n) is 2.39. The van der Waals surface area contributed by atoms with E-state index in [4.69, 9.17) is 23.2 Å². The second kappa shape index (κ2) is 9.50. The molecule has 0 fully saturated rings. The Balaban J connectivity index is 2.16. The van der Waals surface area contributed by atoms with Crippen LogP contribution in [0.1, 0.15) is 37.8 Å². The van der Waals surface area contributed by atoms with E-state index in [1.807, 2.05) is 18.2 Å². The number of allylic oxidation sites excluding steroid dienone is 1. The van der Waals surface area contributed by atoms with Crippen LogP contribution in [0.4, 0.5) is 4.39 Å². The first kappa shape index (κ1) is 19.4. The van der Waals surface area contributed by atoms with Crippen molar-refractivity contribution in [2.24, 2.45) is 0 Å². The zero-order chi connectivity index (χ0) is 17.5. The topological polar surface area (TPSA) is 0 Å². The summed E-state index contributed by atoms with van der Waals surface area (Å²) in [6.07, 6.45) is 5.13. The van der Waals surface area contributed by atoms with Crippen LogP contribution in [0.25, 0.3) is 4.91 Å². The van der Waals surface area contributed by atoms with Crippen molar-refractivity contribution in [1.29, 1.82) is 0 Å². The summed E-state index contributed by atoms with van der Waals surface area (Å²) in [5, 5.41) is 1.31. The van der Waals surface area contributed by atoms with E-state index in [2.05, 4.69) is 26.0 Å². The molecule has 0 heterocycles. The fraction of sp³-hybridized carbons (Fsp3) is 0.300. The van der Waals surface area contributed by atoms with Crippen molar-refractivity contribution in [3.8, 4) is 0 Å². The predicted octanol–water partition coefficient (Wildman–Crippen LogP) is 7.64. The van der Waals surface area contributed by atoms with Gasteiger partial charge in [0, 0.05) is 15.2 Å². The number of rotatable bonds is 7. The summed E-state index contributed by atoms with van der Waals surface area (Å²) in [7, 11) is 0. The lowest BCUT2D eigenvalue weighted by Gasteiger charge is -2.16. The largest absolute Gasteiger partial charge is 0.205 e. The highest BCUT2D eigenvalue weighted by Crippen LogP contribution is 2.35. The third-order valence-corrected chi connectivity index (χ3v) is 5.50. The maximum Gasteiger partial charge on any atom is 0.141 e. The SMILES string of the molecule is CCC/C=C(\SC(C)Cc1ccccc1Cl)c1ccc(F)c(Cl)c1. The Morgan fingerprint density at radius 1 is 1.17 bits per heavy atom. The van der Waals surface area contributed by atoms with Crippen LogP contribution >= 0.6 is 35.0 Å². The zero-order valence-electron chi connectivity index (χ0n) is 13.9. The zero-order valence-corrected chi connectivity index (χ0v) is 16.2. The van der Waals surface area contributed by atoms with Gasteiger partial charge < -0.3 is 0 Å². The van der Waals surface area contributed by atoms with Crippen molar-refractivity contribution in [3.05, 3.63) is 75.5 Å². The van der Waals surface area contributed by atoms with E-state index in [9.17, 15) is 4.39 Å². The molecule has 0 saturated carbocycles. The molecule has 0 saturated heterocycles. The quantitative estimate of drug-likeness (QED) is 0.473. The Morgan fingerprint density at radius 3 is 2.58 bits per heavy atom. The summed E-state index contributed by atoms with van der Waals surface area (Å²) in [4.78, 5) is 1.14. The van der Waals surface area contributed by atoms with E-state index in [1.165, 1.54) is 6.07 Å². The molecule has 0 nitrogen and oxygen atoms in total. The summed E-state index contributed by atoms with van der Waals surface area (Å²) >= 11 is 14.0. The minimum Gasteiger partial charge on any atom is -0.205 e. The molecule has 4 heteroatoms. The highest BCUT2D eigenvalue weighted by Gasteiger charge is 2.12. The first-order valence-corrected chi connectivity index (χ1v) is 9.70. The maximum atomic E-state index is 13.4. The minimum absolute atomic E-state index is 0.161. The van der Waals surface area contributed by atoms with Gasteiger partial charge >= 0.3 is 0 Å². The third-order valence-electron chi connectivity index (χ3n) is 3.62. The number of benzene rings is 2. The van der Waals surface area contributed by atoms with Gasteiger partial charge in [-0.1, -0.05) is 73.8 Å². The molecule has 0 aliphatic heterocycles. The van der Waals surface area contributed by atoms with E-state index in [-0.39, 0.29) is 10.8 Å². The highest BCUT2D eigenvalue weighted by molar-refractivity contribution is 8.08. The molecule has 1 atom stereocenters. The minimum atomic E-state index is -0.385. The van der Waals surface area contributed by atoms with Gasteiger partial charge in [0.05, 0.1) is 5.02 Å². The number of hydrogen-bond donors (Lipinski definition) is 0. The van der Waals surface area contributed by atoms with Crippen LogP contribution in [0, 0.1) is 5.82 Å². The van der Waals surface area contributed by atoms with E-state index in [0.29, 0.717) is 5.25 Å². The molecule has 128 valence electrons. The molecule has 24 heavy (non-hydrogen) atoms. The highest BCUT2D eigenvalue weighted by atomic mass is 35.5. The molecule has 0 spiro atoms. The Labute approximate surface area is 158 Å². The summed E-state index contributed by atoms with van der Waals surface area (Å²) in [6, 6.07) is 12.8. The van der Waals surface area contributed by atoms with Crippen molar-refractivity contribution < 1.29 is 4.39 Å². The second-order valence-electron chi connectivity index (χ2n) is 5.71. The smallest absolute Gasteiger partial charge is 0.141 e. The van der Waals surface area contributed by atoms with E-state index in [0.717, 1.165) is 40.3 Å². The second-order valence-corrected chi connectivity index (χ2v) is 8.00. The molecule has 1 unspecified atom stereocenters. The molecule has 0 radical (unpaired) electrons. The lowest BCUT2D eigenvalue weighted by Crippen LogP contribution is -2.02. The van der Waals surface area contributed by atoms with E-state index < -0.39 is 0 Å². The lowest BCUT2D eigenvalue weighted by atomic mass is 10.1. The Bertz CT molecular complexity index is 713. The summed E-state index contributed by atoms with van der Waals surface area (Å²) in [5.74, 6) is -0.385. The van der Waals surface area contributed by atoms with E-state index in [1.54, 1.807) is 23.9 Å². The summed E-state index contributed by atoms with van der Waals surface area (Å²) in [6.45, 7) is 4.32. The van der Waals surface area contributed by atoms with Crippen molar-refractivity contribution in [2.45, 2.75) is 38.4 Å².